The molecular weight excluding hydrogens is 204 g/mol. The Bertz CT molecular complexity index is 270. The fourth-order valence-electron chi connectivity index (χ4n) is 0.885. The highest BCUT2D eigenvalue weighted by Crippen LogP contribution is 2.20. The van der Waals surface area contributed by atoms with Crippen molar-refractivity contribution in [3.63, 3.8) is 0 Å². The average Bonchev–Trinajstić information content (AvgIpc) is 1.96. The minimum absolute atomic E-state index is 0.157. The summed E-state index contributed by atoms with van der Waals surface area (Å²) < 4.78 is 10.6. The van der Waals surface area contributed by atoms with Crippen molar-refractivity contribution < 1.29 is 14.3 Å². The van der Waals surface area contributed by atoms with Crippen LogP contribution in [0.15, 0.2) is 24.5 Å². The van der Waals surface area contributed by atoms with Crippen LogP contribution in [0.4, 0.5) is 0 Å². The summed E-state index contributed by atoms with van der Waals surface area (Å²) in [7, 11) is 0. The number of hydrogen-bond donors (Lipinski definition) is 0. The minimum atomic E-state index is -0.540. The largest absolute Gasteiger partial charge is 0.488 e. The normalized spacial score (nSPS) is 11.9. The highest BCUT2D eigenvalue weighted by atomic mass is 16.6. The molecule has 3 nitrogen and oxygen atoms in total. The second-order valence-corrected chi connectivity index (χ2v) is 5.62. The second kappa shape index (κ2) is 4.73. The maximum Gasteiger partial charge on any atom is 0.341 e. The zero-order chi connectivity index (χ0) is 13.1. The van der Waals surface area contributed by atoms with Crippen molar-refractivity contribution in [3.8, 4) is 0 Å². The number of esters is 1. The highest BCUT2D eigenvalue weighted by molar-refractivity contribution is 5.92. The van der Waals surface area contributed by atoms with Crippen LogP contribution in [-0.2, 0) is 14.3 Å². The van der Waals surface area contributed by atoms with Gasteiger partial charge in [0.1, 0.15) is 17.0 Å². The Labute approximate surface area is 98.1 Å². The SMILES string of the molecule is C=C(OC(C)(C)C)C(=C)C(=O)OC(C)(C)C. The van der Waals surface area contributed by atoms with Crippen LogP contribution >= 0.6 is 0 Å². The average molecular weight is 226 g/mol. The van der Waals surface area contributed by atoms with E-state index < -0.39 is 17.2 Å². The molecule has 3 heteroatoms. The number of ether oxygens (including phenoxy) is 2. The lowest BCUT2D eigenvalue weighted by atomic mass is 10.1. The predicted molar refractivity (Wildman–Crippen MR) is 65.0 cm³/mol. The zero-order valence-electron chi connectivity index (χ0n) is 11.1. The molecule has 0 aromatic rings. The van der Waals surface area contributed by atoms with E-state index in [9.17, 15) is 4.79 Å². The summed E-state index contributed by atoms with van der Waals surface area (Å²) in [6, 6.07) is 0. The molecule has 0 aliphatic carbocycles. The third kappa shape index (κ3) is 6.27. The van der Waals surface area contributed by atoms with E-state index in [4.69, 9.17) is 9.47 Å². The van der Waals surface area contributed by atoms with Gasteiger partial charge in [-0.15, -0.1) is 0 Å². The van der Waals surface area contributed by atoms with Gasteiger partial charge < -0.3 is 9.47 Å². The molecule has 0 radical (unpaired) electrons. The van der Waals surface area contributed by atoms with Crippen LogP contribution in [0.5, 0.6) is 0 Å². The van der Waals surface area contributed by atoms with Gasteiger partial charge in [-0.1, -0.05) is 13.2 Å². The smallest absolute Gasteiger partial charge is 0.341 e. The van der Waals surface area contributed by atoms with Crippen LogP contribution < -0.4 is 0 Å². The van der Waals surface area contributed by atoms with Gasteiger partial charge in [-0.25, -0.2) is 4.79 Å². The summed E-state index contributed by atoms with van der Waals surface area (Å²) in [5.41, 5.74) is -0.783. The first-order valence-corrected chi connectivity index (χ1v) is 5.23. The second-order valence-electron chi connectivity index (χ2n) is 5.62. The molecule has 0 spiro atoms. The van der Waals surface area contributed by atoms with Gasteiger partial charge in [0.25, 0.3) is 0 Å². The van der Waals surface area contributed by atoms with Gasteiger partial charge in [-0.2, -0.15) is 0 Å². The van der Waals surface area contributed by atoms with Gasteiger partial charge in [0, 0.05) is 0 Å². The third-order valence-electron chi connectivity index (χ3n) is 1.41. The summed E-state index contributed by atoms with van der Waals surface area (Å²) in [5.74, 6) is -0.247. The Hall–Kier alpha value is -1.25. The number of hydrogen-bond acceptors (Lipinski definition) is 3. The van der Waals surface area contributed by atoms with Crippen molar-refractivity contribution in [3.05, 3.63) is 24.5 Å². The first kappa shape index (κ1) is 14.8. The topological polar surface area (TPSA) is 35.5 Å². The Kier molecular flexibility index (Phi) is 4.36. The lowest BCUT2D eigenvalue weighted by Gasteiger charge is -2.25. The Balaban J connectivity index is 4.47. The molecule has 0 aromatic carbocycles. The molecule has 0 amide bonds. The molecule has 0 unspecified atom stereocenters. The van der Waals surface area contributed by atoms with E-state index in [0.717, 1.165) is 0 Å². The van der Waals surface area contributed by atoms with Crippen LogP contribution in [0.25, 0.3) is 0 Å². The quantitative estimate of drug-likeness (QED) is 0.321. The summed E-state index contributed by atoms with van der Waals surface area (Å²) >= 11 is 0. The monoisotopic (exact) mass is 226 g/mol. The summed E-state index contributed by atoms with van der Waals surface area (Å²) in [6.07, 6.45) is 0. The van der Waals surface area contributed by atoms with Crippen LogP contribution in [-0.4, -0.2) is 17.2 Å². The van der Waals surface area contributed by atoms with E-state index >= 15 is 0 Å². The zero-order valence-corrected chi connectivity index (χ0v) is 11.1. The molecule has 0 bridgehead atoms. The lowest BCUT2D eigenvalue weighted by Crippen LogP contribution is -2.27. The van der Waals surface area contributed by atoms with Crippen molar-refractivity contribution in [1.29, 1.82) is 0 Å². The van der Waals surface area contributed by atoms with Gasteiger partial charge in [0.15, 0.2) is 0 Å². The predicted octanol–water partition coefficient (Wildman–Crippen LogP) is 3.21. The standard InChI is InChI=1S/C13H22O3/c1-9(10(2)15-12(3,4)5)11(14)16-13(6,7)8/h1-2H2,3-8H3. The molecule has 0 aromatic heterocycles. The molecular formula is C13H22O3. The fraction of sp³-hybridized carbons (Fsp3) is 0.615. The van der Waals surface area contributed by atoms with Crippen molar-refractivity contribution in [2.45, 2.75) is 52.7 Å². The summed E-state index contributed by atoms with van der Waals surface area (Å²) in [5, 5.41) is 0. The van der Waals surface area contributed by atoms with Gasteiger partial charge in [-0.05, 0) is 41.5 Å². The van der Waals surface area contributed by atoms with E-state index in [1.165, 1.54) is 0 Å². The molecule has 0 atom stereocenters. The lowest BCUT2D eigenvalue weighted by molar-refractivity contribution is -0.150. The van der Waals surface area contributed by atoms with Gasteiger partial charge in [0.2, 0.25) is 0 Å². The highest BCUT2D eigenvalue weighted by Gasteiger charge is 2.23. The molecule has 0 fully saturated rings. The van der Waals surface area contributed by atoms with Crippen LogP contribution in [0.3, 0.4) is 0 Å². The van der Waals surface area contributed by atoms with Crippen molar-refractivity contribution in [2.75, 3.05) is 0 Å². The first-order valence-electron chi connectivity index (χ1n) is 5.23. The third-order valence-corrected chi connectivity index (χ3v) is 1.41. The van der Waals surface area contributed by atoms with E-state index in [-0.39, 0.29) is 11.3 Å². The Morgan fingerprint density at radius 1 is 0.875 bits per heavy atom. The summed E-state index contributed by atoms with van der Waals surface area (Å²) in [4.78, 5) is 11.6. The van der Waals surface area contributed by atoms with E-state index in [0.29, 0.717) is 0 Å². The van der Waals surface area contributed by atoms with Gasteiger partial charge in [-0.3, -0.25) is 0 Å². The molecule has 0 aliphatic heterocycles. The molecule has 0 heterocycles. The van der Waals surface area contributed by atoms with Crippen molar-refractivity contribution in [1.82, 2.24) is 0 Å². The van der Waals surface area contributed by atoms with Crippen molar-refractivity contribution in [2.24, 2.45) is 0 Å². The molecule has 0 rings (SSSR count). The van der Waals surface area contributed by atoms with Gasteiger partial charge >= 0.3 is 5.97 Å². The molecule has 0 aliphatic rings. The maximum absolute atomic E-state index is 11.6. The molecule has 0 saturated carbocycles. The van der Waals surface area contributed by atoms with Crippen LogP contribution in [0.1, 0.15) is 41.5 Å². The Morgan fingerprint density at radius 3 is 1.56 bits per heavy atom. The van der Waals surface area contributed by atoms with Gasteiger partial charge in [0.05, 0.1) is 5.57 Å². The summed E-state index contributed by atoms with van der Waals surface area (Å²) in [6.45, 7) is 18.3. The van der Waals surface area contributed by atoms with E-state index in [2.05, 4.69) is 13.2 Å². The Morgan fingerprint density at radius 2 is 1.25 bits per heavy atom. The molecule has 0 N–H and O–H groups in total. The van der Waals surface area contributed by atoms with Crippen LogP contribution in [0.2, 0.25) is 0 Å². The fourth-order valence-corrected chi connectivity index (χ4v) is 0.885. The minimum Gasteiger partial charge on any atom is -0.488 e. The van der Waals surface area contributed by atoms with Crippen molar-refractivity contribution >= 4 is 5.97 Å². The first-order chi connectivity index (χ1) is 6.92. The van der Waals surface area contributed by atoms with E-state index in [1.807, 2.05) is 20.8 Å². The number of carbonyl (C=O) groups is 1. The van der Waals surface area contributed by atoms with E-state index in [1.54, 1.807) is 20.8 Å². The van der Waals surface area contributed by atoms with Crippen LogP contribution in [0, 0.1) is 0 Å². The molecule has 0 saturated heterocycles. The maximum atomic E-state index is 11.6. The number of carbonyl (C=O) groups excluding carboxylic acids is 1. The number of rotatable bonds is 3. The molecule has 16 heavy (non-hydrogen) atoms. The molecule has 92 valence electrons.